The van der Waals surface area contributed by atoms with E-state index in [4.69, 9.17) is 21.4 Å². The molecule has 3 N–H and O–H groups in total. The molecule has 0 heterocycles. The molecule has 0 aromatic heterocycles. The summed E-state index contributed by atoms with van der Waals surface area (Å²) in [5.74, 6) is -1.17. The van der Waals surface area contributed by atoms with Crippen LogP contribution in [0.4, 0.5) is 10.5 Å². The molecule has 7 heteroatoms. The predicted molar refractivity (Wildman–Crippen MR) is 71.6 cm³/mol. The lowest BCUT2D eigenvalue weighted by atomic mass is 10.2. The molecule has 2 amide bonds. The summed E-state index contributed by atoms with van der Waals surface area (Å²) >= 11 is 5.92. The second-order valence-corrected chi connectivity index (χ2v) is 4.34. The molecule has 0 aliphatic carbocycles. The summed E-state index contributed by atoms with van der Waals surface area (Å²) in [4.78, 5) is 22.5. The van der Waals surface area contributed by atoms with E-state index in [1.165, 1.54) is 7.11 Å². The van der Waals surface area contributed by atoms with Crippen LogP contribution < -0.4 is 10.6 Å². The smallest absolute Gasteiger partial charge is 0.328 e. The lowest BCUT2D eigenvalue weighted by Gasteiger charge is -2.15. The first-order valence-electron chi connectivity index (χ1n) is 5.49. The van der Waals surface area contributed by atoms with Crippen LogP contribution in [0, 0.1) is 6.92 Å². The summed E-state index contributed by atoms with van der Waals surface area (Å²) in [7, 11) is 1.35. The van der Waals surface area contributed by atoms with Gasteiger partial charge in [-0.25, -0.2) is 9.59 Å². The van der Waals surface area contributed by atoms with Crippen LogP contribution in [0.5, 0.6) is 0 Å². The third-order valence-electron chi connectivity index (χ3n) is 2.31. The molecular formula is C12H15ClN2O4. The topological polar surface area (TPSA) is 87.7 Å². The van der Waals surface area contributed by atoms with E-state index in [9.17, 15) is 9.59 Å². The van der Waals surface area contributed by atoms with Gasteiger partial charge in [0.05, 0.1) is 17.3 Å². The fourth-order valence-corrected chi connectivity index (χ4v) is 1.56. The minimum absolute atomic E-state index is 0.121. The quantitative estimate of drug-likeness (QED) is 0.771. The number of carbonyl (C=O) groups is 2. The van der Waals surface area contributed by atoms with Crippen molar-refractivity contribution in [3.05, 3.63) is 28.8 Å². The lowest BCUT2D eigenvalue weighted by Crippen LogP contribution is -2.45. The standard InChI is InChI=1S/C12H15ClN2O4/c1-7-3-4-8(13)9(5-7)14-12(18)15-10(6-19-2)11(16)17/h3-5,10H,6H2,1-2H3,(H,16,17)(H2,14,15,18). The minimum atomic E-state index is -1.17. The van der Waals surface area contributed by atoms with Gasteiger partial charge in [0.25, 0.3) is 0 Å². The number of hydrogen-bond acceptors (Lipinski definition) is 3. The Bertz CT molecular complexity index is 479. The Hall–Kier alpha value is -1.79. The van der Waals surface area contributed by atoms with Crippen LogP contribution in [0.25, 0.3) is 0 Å². The molecule has 19 heavy (non-hydrogen) atoms. The van der Waals surface area contributed by atoms with Gasteiger partial charge in [-0.2, -0.15) is 0 Å². The summed E-state index contributed by atoms with van der Waals surface area (Å²) in [5, 5.41) is 14.0. The van der Waals surface area contributed by atoms with Gasteiger partial charge < -0.3 is 20.5 Å². The molecule has 1 aromatic rings. The number of carbonyl (C=O) groups excluding carboxylic acids is 1. The molecule has 0 saturated carbocycles. The molecule has 6 nitrogen and oxygen atoms in total. The molecule has 0 aliphatic rings. The fraction of sp³-hybridized carbons (Fsp3) is 0.333. The molecule has 1 aromatic carbocycles. The van der Waals surface area contributed by atoms with E-state index in [2.05, 4.69) is 10.6 Å². The number of rotatable bonds is 5. The molecule has 1 rings (SSSR count). The van der Waals surface area contributed by atoms with Gasteiger partial charge in [-0.15, -0.1) is 0 Å². The third kappa shape index (κ3) is 4.76. The first-order valence-corrected chi connectivity index (χ1v) is 5.87. The summed E-state index contributed by atoms with van der Waals surface area (Å²) in [6, 6.07) is 3.37. The van der Waals surface area contributed by atoms with Gasteiger partial charge in [0.2, 0.25) is 0 Å². The second-order valence-electron chi connectivity index (χ2n) is 3.93. The lowest BCUT2D eigenvalue weighted by molar-refractivity contribution is -0.140. The summed E-state index contributed by atoms with van der Waals surface area (Å²) in [6.45, 7) is 1.73. The Labute approximate surface area is 115 Å². The van der Waals surface area contributed by atoms with E-state index in [0.29, 0.717) is 10.7 Å². The number of amides is 2. The van der Waals surface area contributed by atoms with Crippen molar-refractivity contribution in [2.24, 2.45) is 0 Å². The van der Waals surface area contributed by atoms with Crippen molar-refractivity contribution >= 4 is 29.3 Å². The highest BCUT2D eigenvalue weighted by Gasteiger charge is 2.19. The van der Waals surface area contributed by atoms with Crippen molar-refractivity contribution in [2.75, 3.05) is 19.0 Å². The van der Waals surface area contributed by atoms with Crippen molar-refractivity contribution in [1.29, 1.82) is 0 Å². The monoisotopic (exact) mass is 286 g/mol. The van der Waals surface area contributed by atoms with Gasteiger partial charge >= 0.3 is 12.0 Å². The van der Waals surface area contributed by atoms with Crippen molar-refractivity contribution in [1.82, 2.24) is 5.32 Å². The molecule has 0 aliphatic heterocycles. The zero-order chi connectivity index (χ0) is 14.4. The van der Waals surface area contributed by atoms with Crippen LogP contribution in [-0.2, 0) is 9.53 Å². The molecule has 1 unspecified atom stereocenters. The van der Waals surface area contributed by atoms with Crippen LogP contribution in [0.2, 0.25) is 5.02 Å². The number of urea groups is 1. The maximum Gasteiger partial charge on any atom is 0.328 e. The highest BCUT2D eigenvalue weighted by Crippen LogP contribution is 2.22. The summed E-state index contributed by atoms with van der Waals surface area (Å²) in [5.41, 5.74) is 1.34. The maximum atomic E-state index is 11.7. The number of halogens is 1. The highest BCUT2D eigenvalue weighted by molar-refractivity contribution is 6.33. The largest absolute Gasteiger partial charge is 0.480 e. The number of carboxylic acid groups (broad SMARTS) is 1. The molecule has 1 atom stereocenters. The average Bonchev–Trinajstić information content (AvgIpc) is 2.33. The van der Waals surface area contributed by atoms with E-state index < -0.39 is 18.0 Å². The fourth-order valence-electron chi connectivity index (χ4n) is 1.39. The number of hydrogen-bond donors (Lipinski definition) is 3. The first kappa shape index (κ1) is 15.3. The number of aryl methyl sites for hydroxylation is 1. The van der Waals surface area contributed by atoms with Crippen molar-refractivity contribution in [3.8, 4) is 0 Å². The predicted octanol–water partition coefficient (Wildman–Crippen LogP) is 1.87. The van der Waals surface area contributed by atoms with E-state index in [0.717, 1.165) is 5.56 Å². The highest BCUT2D eigenvalue weighted by atomic mass is 35.5. The number of carboxylic acids is 1. The van der Waals surface area contributed by atoms with Gasteiger partial charge in [-0.05, 0) is 24.6 Å². The van der Waals surface area contributed by atoms with Gasteiger partial charge in [-0.3, -0.25) is 0 Å². The van der Waals surface area contributed by atoms with Gasteiger partial charge in [0.1, 0.15) is 0 Å². The van der Waals surface area contributed by atoms with E-state index in [1.807, 2.05) is 6.92 Å². The number of ether oxygens (including phenoxy) is 1. The zero-order valence-electron chi connectivity index (χ0n) is 10.6. The Morgan fingerprint density at radius 3 is 2.74 bits per heavy atom. The Morgan fingerprint density at radius 1 is 1.47 bits per heavy atom. The van der Waals surface area contributed by atoms with Crippen molar-refractivity contribution in [3.63, 3.8) is 0 Å². The Kier molecular flexibility index (Phi) is 5.59. The SMILES string of the molecule is COCC(NC(=O)Nc1cc(C)ccc1Cl)C(=O)O. The van der Waals surface area contributed by atoms with Crippen LogP contribution in [0.15, 0.2) is 18.2 Å². The maximum absolute atomic E-state index is 11.7. The van der Waals surface area contributed by atoms with E-state index >= 15 is 0 Å². The van der Waals surface area contributed by atoms with Gasteiger partial charge in [0, 0.05) is 7.11 Å². The van der Waals surface area contributed by atoms with Crippen molar-refractivity contribution < 1.29 is 19.4 Å². The molecule has 0 saturated heterocycles. The molecular weight excluding hydrogens is 272 g/mol. The molecule has 0 bridgehead atoms. The van der Waals surface area contributed by atoms with Crippen LogP contribution in [0.1, 0.15) is 5.56 Å². The Morgan fingerprint density at radius 2 is 2.16 bits per heavy atom. The van der Waals surface area contributed by atoms with Crippen molar-refractivity contribution in [2.45, 2.75) is 13.0 Å². The van der Waals surface area contributed by atoms with Crippen LogP contribution in [0.3, 0.4) is 0 Å². The number of aliphatic carboxylic acids is 1. The molecule has 0 fully saturated rings. The zero-order valence-corrected chi connectivity index (χ0v) is 11.3. The second kappa shape index (κ2) is 6.96. The number of nitrogens with one attached hydrogen (secondary N) is 2. The Balaban J connectivity index is 2.68. The number of anilines is 1. The summed E-state index contributed by atoms with van der Waals surface area (Å²) in [6.07, 6.45) is 0. The first-order chi connectivity index (χ1) is 8.93. The minimum Gasteiger partial charge on any atom is -0.480 e. The van der Waals surface area contributed by atoms with E-state index in [1.54, 1.807) is 18.2 Å². The van der Waals surface area contributed by atoms with Crippen LogP contribution >= 0.6 is 11.6 Å². The number of methoxy groups -OCH3 is 1. The van der Waals surface area contributed by atoms with Gasteiger partial charge in [0.15, 0.2) is 6.04 Å². The molecule has 0 spiro atoms. The normalized spacial score (nSPS) is 11.7. The number of benzene rings is 1. The molecule has 0 radical (unpaired) electrons. The summed E-state index contributed by atoms with van der Waals surface area (Å²) < 4.78 is 4.71. The van der Waals surface area contributed by atoms with Crippen LogP contribution in [-0.4, -0.2) is 36.9 Å². The average molecular weight is 287 g/mol. The third-order valence-corrected chi connectivity index (χ3v) is 2.64. The van der Waals surface area contributed by atoms with E-state index in [-0.39, 0.29) is 6.61 Å². The van der Waals surface area contributed by atoms with Gasteiger partial charge in [-0.1, -0.05) is 17.7 Å². The molecule has 104 valence electrons.